The van der Waals surface area contributed by atoms with Gasteiger partial charge in [-0.25, -0.2) is 0 Å². The lowest BCUT2D eigenvalue weighted by Crippen LogP contribution is -2.42. The van der Waals surface area contributed by atoms with Crippen molar-refractivity contribution in [3.05, 3.63) is 57.7 Å². The smallest absolute Gasteiger partial charge is 0.227 e. The summed E-state index contributed by atoms with van der Waals surface area (Å²) in [7, 11) is 0. The van der Waals surface area contributed by atoms with Crippen molar-refractivity contribution in [2.45, 2.75) is 30.7 Å². The summed E-state index contributed by atoms with van der Waals surface area (Å²) in [6.07, 6.45) is 1.81. The summed E-state index contributed by atoms with van der Waals surface area (Å²) >= 11 is 0. The summed E-state index contributed by atoms with van der Waals surface area (Å²) in [4.78, 5) is 11.2. The number of benzene rings is 1. The monoisotopic (exact) mass is 254 g/mol. The van der Waals surface area contributed by atoms with Crippen LogP contribution in [-0.4, -0.2) is 11.0 Å². The van der Waals surface area contributed by atoms with Crippen molar-refractivity contribution in [1.29, 1.82) is 5.26 Å². The number of hydrogen-bond acceptors (Lipinski definition) is 3. The second-order valence-corrected chi connectivity index (χ2v) is 5.42. The summed E-state index contributed by atoms with van der Waals surface area (Å²) in [5, 5.41) is 20.9. The van der Waals surface area contributed by atoms with E-state index in [9.17, 15) is 15.4 Å². The van der Waals surface area contributed by atoms with E-state index in [1.807, 2.05) is 24.3 Å². The van der Waals surface area contributed by atoms with Gasteiger partial charge in [0.25, 0.3) is 0 Å². The molecule has 0 unspecified atom stereocenters. The molecule has 1 saturated carbocycles. The van der Waals surface area contributed by atoms with Crippen LogP contribution in [0.5, 0.6) is 0 Å². The second kappa shape index (κ2) is 3.92. The van der Waals surface area contributed by atoms with Gasteiger partial charge in [0, 0.05) is 11.3 Å². The molecular weight excluding hydrogens is 240 g/mol. The van der Waals surface area contributed by atoms with Gasteiger partial charge in [0.1, 0.15) is 0 Å². The van der Waals surface area contributed by atoms with E-state index in [2.05, 4.69) is 12.6 Å². The first-order valence-electron chi connectivity index (χ1n) is 6.40. The number of fused-ring (bicyclic) bond motifs is 2. The second-order valence-electron chi connectivity index (χ2n) is 5.42. The standard InChI is InChI=1S/C15H14N2O2/c1-10-8-14(17(18)19)15(13(10)9-16)7-6-11-4-2-3-5-12(11)15/h2-5,13-14H,1,6-8H2/t13-,14+,15-/m1/s1. The summed E-state index contributed by atoms with van der Waals surface area (Å²) in [6.45, 7) is 3.90. The third kappa shape index (κ3) is 1.39. The van der Waals surface area contributed by atoms with Crippen LogP contribution in [0.3, 0.4) is 0 Å². The van der Waals surface area contributed by atoms with Gasteiger partial charge in [-0.15, -0.1) is 0 Å². The van der Waals surface area contributed by atoms with Gasteiger partial charge in [-0.2, -0.15) is 5.26 Å². The molecule has 4 heteroatoms. The van der Waals surface area contributed by atoms with Gasteiger partial charge in [-0.3, -0.25) is 10.1 Å². The number of hydrogen-bond donors (Lipinski definition) is 0. The van der Waals surface area contributed by atoms with E-state index in [0.717, 1.165) is 17.5 Å². The molecule has 0 N–H and O–H groups in total. The fourth-order valence-electron chi connectivity index (χ4n) is 3.89. The minimum absolute atomic E-state index is 0.218. The van der Waals surface area contributed by atoms with Crippen LogP contribution in [0.1, 0.15) is 24.0 Å². The van der Waals surface area contributed by atoms with E-state index in [0.29, 0.717) is 18.4 Å². The van der Waals surface area contributed by atoms with Crippen molar-refractivity contribution in [1.82, 2.24) is 0 Å². The molecule has 0 bridgehead atoms. The normalized spacial score (nSPS) is 32.3. The van der Waals surface area contributed by atoms with Gasteiger partial charge in [0.05, 0.1) is 17.4 Å². The lowest BCUT2D eigenvalue weighted by molar-refractivity contribution is -0.531. The number of aryl methyl sites for hydroxylation is 1. The zero-order valence-electron chi connectivity index (χ0n) is 10.5. The highest BCUT2D eigenvalue weighted by atomic mass is 16.6. The third-order valence-corrected chi connectivity index (χ3v) is 4.68. The van der Waals surface area contributed by atoms with Crippen LogP contribution in [0.2, 0.25) is 0 Å². The molecule has 0 saturated heterocycles. The van der Waals surface area contributed by atoms with Gasteiger partial charge < -0.3 is 0 Å². The molecule has 0 aromatic heterocycles. The SMILES string of the molecule is C=C1C[C@H]([N+](=O)[O-])[C@@]2(CCc3ccccc32)[C@@H]1C#N. The molecule has 1 spiro atoms. The molecule has 0 radical (unpaired) electrons. The van der Waals surface area contributed by atoms with E-state index in [4.69, 9.17) is 0 Å². The van der Waals surface area contributed by atoms with Crippen molar-refractivity contribution >= 4 is 0 Å². The van der Waals surface area contributed by atoms with Crippen molar-refractivity contribution < 1.29 is 4.92 Å². The van der Waals surface area contributed by atoms with E-state index in [1.165, 1.54) is 0 Å². The number of nitriles is 1. The Bertz CT molecular complexity index is 617. The predicted molar refractivity (Wildman–Crippen MR) is 70.1 cm³/mol. The van der Waals surface area contributed by atoms with Crippen LogP contribution in [-0.2, 0) is 11.8 Å². The average Bonchev–Trinajstić information content (AvgIpc) is 2.91. The highest BCUT2D eigenvalue weighted by Crippen LogP contribution is 2.55. The Morgan fingerprint density at radius 3 is 2.89 bits per heavy atom. The first-order valence-corrected chi connectivity index (χ1v) is 6.40. The molecule has 96 valence electrons. The highest BCUT2D eigenvalue weighted by molar-refractivity contribution is 5.47. The molecule has 0 aliphatic heterocycles. The largest absolute Gasteiger partial charge is 0.264 e. The lowest BCUT2D eigenvalue weighted by Gasteiger charge is -2.29. The molecule has 0 amide bonds. The molecule has 3 atom stereocenters. The number of nitro groups is 1. The van der Waals surface area contributed by atoms with E-state index < -0.39 is 17.4 Å². The minimum Gasteiger partial charge on any atom is -0.264 e. The van der Waals surface area contributed by atoms with Gasteiger partial charge in [0.2, 0.25) is 6.04 Å². The Morgan fingerprint density at radius 2 is 2.21 bits per heavy atom. The molecule has 2 aliphatic carbocycles. The molecule has 1 aromatic carbocycles. The topological polar surface area (TPSA) is 66.9 Å². The van der Waals surface area contributed by atoms with Crippen LogP contribution in [0.15, 0.2) is 36.4 Å². The Labute approximate surface area is 111 Å². The Hall–Kier alpha value is -2.15. The van der Waals surface area contributed by atoms with Gasteiger partial charge >= 0.3 is 0 Å². The first-order chi connectivity index (χ1) is 9.11. The molecule has 19 heavy (non-hydrogen) atoms. The Morgan fingerprint density at radius 1 is 1.47 bits per heavy atom. The molecule has 3 rings (SSSR count). The number of rotatable bonds is 1. The van der Waals surface area contributed by atoms with Crippen LogP contribution in [0.25, 0.3) is 0 Å². The zero-order chi connectivity index (χ0) is 13.6. The Balaban J connectivity index is 2.23. The van der Waals surface area contributed by atoms with Crippen LogP contribution in [0.4, 0.5) is 0 Å². The summed E-state index contributed by atoms with van der Waals surface area (Å²) in [5.41, 5.74) is 2.18. The molecule has 4 nitrogen and oxygen atoms in total. The molecular formula is C15H14N2O2. The maximum Gasteiger partial charge on any atom is 0.227 e. The maximum absolute atomic E-state index is 11.4. The van der Waals surface area contributed by atoms with Crippen LogP contribution < -0.4 is 0 Å². The molecule has 1 aromatic rings. The minimum atomic E-state index is -0.715. The van der Waals surface area contributed by atoms with Gasteiger partial charge in [-0.05, 0) is 24.0 Å². The van der Waals surface area contributed by atoms with E-state index in [1.54, 1.807) is 0 Å². The average molecular weight is 254 g/mol. The summed E-state index contributed by atoms with van der Waals surface area (Å²) in [6, 6.07) is 9.36. The van der Waals surface area contributed by atoms with Crippen molar-refractivity contribution in [2.75, 3.05) is 0 Å². The van der Waals surface area contributed by atoms with Crippen molar-refractivity contribution in [2.24, 2.45) is 5.92 Å². The lowest BCUT2D eigenvalue weighted by atomic mass is 9.71. The number of nitrogens with zero attached hydrogens (tertiary/aromatic N) is 2. The summed E-state index contributed by atoms with van der Waals surface area (Å²) < 4.78 is 0. The summed E-state index contributed by atoms with van der Waals surface area (Å²) in [5.74, 6) is -0.438. The Kier molecular flexibility index (Phi) is 2.46. The third-order valence-electron chi connectivity index (χ3n) is 4.68. The quantitative estimate of drug-likeness (QED) is 0.439. The van der Waals surface area contributed by atoms with E-state index in [-0.39, 0.29) is 4.92 Å². The predicted octanol–water partition coefficient (Wildman–Crippen LogP) is 2.62. The maximum atomic E-state index is 11.4. The first kappa shape index (κ1) is 11.9. The van der Waals surface area contributed by atoms with Crippen LogP contribution in [0, 0.1) is 27.4 Å². The van der Waals surface area contributed by atoms with Crippen molar-refractivity contribution in [3.8, 4) is 6.07 Å². The van der Waals surface area contributed by atoms with Crippen LogP contribution >= 0.6 is 0 Å². The molecule has 1 fully saturated rings. The highest BCUT2D eigenvalue weighted by Gasteiger charge is 2.62. The fraction of sp³-hybridized carbons (Fsp3) is 0.400. The van der Waals surface area contributed by atoms with E-state index >= 15 is 0 Å². The van der Waals surface area contributed by atoms with Crippen molar-refractivity contribution in [3.63, 3.8) is 0 Å². The van der Waals surface area contributed by atoms with Gasteiger partial charge in [0.15, 0.2) is 0 Å². The molecule has 2 aliphatic rings. The fourth-order valence-corrected chi connectivity index (χ4v) is 3.89. The zero-order valence-corrected chi connectivity index (χ0v) is 10.5. The molecule has 0 heterocycles. The van der Waals surface area contributed by atoms with Gasteiger partial charge in [-0.1, -0.05) is 36.4 Å².